The normalized spacial score (nSPS) is 17.9. The Hall–Kier alpha value is -1.65. The lowest BCUT2D eigenvalue weighted by Gasteiger charge is -2.41. The lowest BCUT2D eigenvalue weighted by molar-refractivity contribution is -0.00871. The summed E-state index contributed by atoms with van der Waals surface area (Å²) in [6.45, 7) is 11.9. The molecule has 1 N–H and O–H groups in total. The summed E-state index contributed by atoms with van der Waals surface area (Å²) >= 11 is 0. The first kappa shape index (κ1) is 18.7. The predicted octanol–water partition coefficient (Wildman–Crippen LogP) is 3.75. The third-order valence-electron chi connectivity index (χ3n) is 4.75. The SMILES string of the molecule is C=CCC(C)(C(=O)c1ccc(NCCCC)cc1)N1CCOCC1. The van der Waals surface area contributed by atoms with Gasteiger partial charge in [0, 0.05) is 30.9 Å². The highest BCUT2D eigenvalue weighted by molar-refractivity contribution is 6.03. The van der Waals surface area contributed by atoms with Crippen LogP contribution in [-0.2, 0) is 4.74 Å². The van der Waals surface area contributed by atoms with E-state index in [1.807, 2.05) is 37.3 Å². The Morgan fingerprint density at radius 2 is 2.00 bits per heavy atom. The molecule has 1 saturated heterocycles. The third kappa shape index (κ3) is 4.46. The van der Waals surface area contributed by atoms with E-state index >= 15 is 0 Å². The third-order valence-corrected chi connectivity index (χ3v) is 4.75. The lowest BCUT2D eigenvalue weighted by atomic mass is 9.85. The molecule has 0 saturated carbocycles. The van der Waals surface area contributed by atoms with Gasteiger partial charge in [0.15, 0.2) is 5.78 Å². The molecule has 0 spiro atoms. The van der Waals surface area contributed by atoms with Gasteiger partial charge in [0.1, 0.15) is 0 Å². The quantitative estimate of drug-likeness (QED) is 0.425. The van der Waals surface area contributed by atoms with E-state index in [0.717, 1.165) is 37.3 Å². The molecule has 2 rings (SSSR count). The topological polar surface area (TPSA) is 41.6 Å². The minimum Gasteiger partial charge on any atom is -0.385 e. The van der Waals surface area contributed by atoms with Gasteiger partial charge in [0.25, 0.3) is 0 Å². The number of carbonyl (C=O) groups excluding carboxylic acids is 1. The van der Waals surface area contributed by atoms with Crippen molar-refractivity contribution in [2.75, 3.05) is 38.2 Å². The molecule has 1 aromatic carbocycles. The summed E-state index contributed by atoms with van der Waals surface area (Å²) in [7, 11) is 0. The summed E-state index contributed by atoms with van der Waals surface area (Å²) in [5.74, 6) is 0.157. The second-order valence-corrected chi connectivity index (χ2v) is 6.55. The van der Waals surface area contributed by atoms with Crippen molar-refractivity contribution >= 4 is 11.5 Å². The van der Waals surface area contributed by atoms with Gasteiger partial charge in [-0.2, -0.15) is 0 Å². The van der Waals surface area contributed by atoms with Crippen molar-refractivity contribution in [2.24, 2.45) is 0 Å². The number of rotatable bonds is 9. The van der Waals surface area contributed by atoms with Gasteiger partial charge in [0.05, 0.1) is 18.8 Å². The standard InChI is InChI=1S/C20H30N2O2/c1-4-6-12-21-18-9-7-17(8-10-18)19(23)20(3,11-5-2)22-13-15-24-16-14-22/h5,7-10,21H,2,4,6,11-16H2,1,3H3. The Kier molecular flexibility index (Phi) is 7.00. The number of carbonyl (C=O) groups is 1. The van der Waals surface area contributed by atoms with E-state index in [9.17, 15) is 4.79 Å². The number of hydrogen-bond acceptors (Lipinski definition) is 4. The van der Waals surface area contributed by atoms with Crippen molar-refractivity contribution in [1.82, 2.24) is 4.90 Å². The molecule has 132 valence electrons. The minimum absolute atomic E-state index is 0.157. The van der Waals surface area contributed by atoms with Crippen molar-refractivity contribution in [3.8, 4) is 0 Å². The smallest absolute Gasteiger partial charge is 0.183 e. The Labute approximate surface area is 145 Å². The van der Waals surface area contributed by atoms with E-state index < -0.39 is 5.54 Å². The van der Waals surface area contributed by atoms with Crippen LogP contribution in [0.5, 0.6) is 0 Å². The molecule has 0 bridgehead atoms. The fourth-order valence-electron chi connectivity index (χ4n) is 3.16. The average Bonchev–Trinajstić information content (AvgIpc) is 2.63. The zero-order chi connectivity index (χ0) is 17.4. The molecular weight excluding hydrogens is 300 g/mol. The summed E-state index contributed by atoms with van der Waals surface area (Å²) in [4.78, 5) is 15.4. The van der Waals surface area contributed by atoms with E-state index in [1.165, 1.54) is 6.42 Å². The summed E-state index contributed by atoms with van der Waals surface area (Å²) in [5.41, 5.74) is 1.27. The van der Waals surface area contributed by atoms with E-state index in [2.05, 4.69) is 23.7 Å². The molecule has 1 aliphatic heterocycles. The molecule has 0 radical (unpaired) electrons. The summed E-state index contributed by atoms with van der Waals surface area (Å²) in [6, 6.07) is 7.85. The molecule has 4 nitrogen and oxygen atoms in total. The number of morpholine rings is 1. The average molecular weight is 330 g/mol. The van der Waals surface area contributed by atoms with Crippen molar-refractivity contribution in [3.05, 3.63) is 42.5 Å². The molecule has 0 aliphatic carbocycles. The van der Waals surface area contributed by atoms with Crippen LogP contribution in [0.1, 0.15) is 43.5 Å². The number of anilines is 1. The van der Waals surface area contributed by atoms with Crippen LogP contribution in [0.4, 0.5) is 5.69 Å². The van der Waals surface area contributed by atoms with E-state index in [0.29, 0.717) is 19.6 Å². The van der Waals surface area contributed by atoms with Crippen LogP contribution in [0.3, 0.4) is 0 Å². The van der Waals surface area contributed by atoms with Crippen LogP contribution in [0, 0.1) is 0 Å². The molecule has 1 aliphatic rings. The highest BCUT2D eigenvalue weighted by Crippen LogP contribution is 2.27. The number of Topliss-reactive ketones (excluding diaryl/α,β-unsaturated/α-hetero) is 1. The highest BCUT2D eigenvalue weighted by Gasteiger charge is 2.39. The van der Waals surface area contributed by atoms with Crippen LogP contribution < -0.4 is 5.32 Å². The number of benzene rings is 1. The highest BCUT2D eigenvalue weighted by atomic mass is 16.5. The lowest BCUT2D eigenvalue weighted by Crippen LogP contribution is -2.56. The zero-order valence-corrected chi connectivity index (χ0v) is 15.0. The van der Waals surface area contributed by atoms with Crippen molar-refractivity contribution in [2.45, 2.75) is 38.6 Å². The van der Waals surface area contributed by atoms with Gasteiger partial charge in [-0.15, -0.1) is 6.58 Å². The minimum atomic E-state index is -0.553. The van der Waals surface area contributed by atoms with Gasteiger partial charge in [-0.05, 0) is 44.0 Å². The van der Waals surface area contributed by atoms with Crippen LogP contribution in [0.2, 0.25) is 0 Å². The molecule has 1 fully saturated rings. The maximum atomic E-state index is 13.2. The fourth-order valence-corrected chi connectivity index (χ4v) is 3.16. The molecule has 1 unspecified atom stereocenters. The van der Waals surface area contributed by atoms with Crippen LogP contribution in [0.15, 0.2) is 36.9 Å². The number of nitrogens with zero attached hydrogens (tertiary/aromatic N) is 1. The fraction of sp³-hybridized carbons (Fsp3) is 0.550. The largest absolute Gasteiger partial charge is 0.385 e. The number of ether oxygens (including phenoxy) is 1. The first-order valence-electron chi connectivity index (χ1n) is 8.94. The number of nitrogens with one attached hydrogen (secondary N) is 1. The van der Waals surface area contributed by atoms with Crippen molar-refractivity contribution in [3.63, 3.8) is 0 Å². The first-order valence-corrected chi connectivity index (χ1v) is 8.94. The molecular formula is C20H30N2O2. The molecule has 4 heteroatoms. The van der Waals surface area contributed by atoms with Gasteiger partial charge in [-0.1, -0.05) is 19.4 Å². The zero-order valence-electron chi connectivity index (χ0n) is 15.0. The summed E-state index contributed by atoms with van der Waals surface area (Å²) < 4.78 is 5.43. The Morgan fingerprint density at radius 3 is 2.58 bits per heavy atom. The van der Waals surface area contributed by atoms with Gasteiger partial charge in [-0.3, -0.25) is 9.69 Å². The van der Waals surface area contributed by atoms with Gasteiger partial charge in [0.2, 0.25) is 0 Å². The number of unbranched alkanes of at least 4 members (excludes halogenated alkanes) is 1. The molecule has 24 heavy (non-hydrogen) atoms. The van der Waals surface area contributed by atoms with E-state index in [4.69, 9.17) is 4.74 Å². The second-order valence-electron chi connectivity index (χ2n) is 6.55. The van der Waals surface area contributed by atoms with Crippen molar-refractivity contribution in [1.29, 1.82) is 0 Å². The van der Waals surface area contributed by atoms with Crippen LogP contribution in [-0.4, -0.2) is 49.1 Å². The summed E-state index contributed by atoms with van der Waals surface area (Å²) in [6.07, 6.45) is 4.80. The maximum absolute atomic E-state index is 13.2. The van der Waals surface area contributed by atoms with E-state index in [1.54, 1.807) is 0 Å². The Morgan fingerprint density at radius 1 is 1.33 bits per heavy atom. The number of ketones is 1. The van der Waals surface area contributed by atoms with Crippen LogP contribution >= 0.6 is 0 Å². The maximum Gasteiger partial charge on any atom is 0.183 e. The van der Waals surface area contributed by atoms with Gasteiger partial charge in [-0.25, -0.2) is 0 Å². The first-order chi connectivity index (χ1) is 11.6. The summed E-state index contributed by atoms with van der Waals surface area (Å²) in [5, 5.41) is 3.38. The monoisotopic (exact) mass is 330 g/mol. The predicted molar refractivity (Wildman–Crippen MR) is 99.8 cm³/mol. The Balaban J connectivity index is 2.12. The number of hydrogen-bond donors (Lipinski definition) is 1. The molecule has 0 aromatic heterocycles. The second kappa shape index (κ2) is 9.00. The van der Waals surface area contributed by atoms with Gasteiger partial charge >= 0.3 is 0 Å². The van der Waals surface area contributed by atoms with Gasteiger partial charge < -0.3 is 10.1 Å². The molecule has 1 heterocycles. The Bertz CT molecular complexity index is 535. The van der Waals surface area contributed by atoms with E-state index in [-0.39, 0.29) is 5.78 Å². The molecule has 1 atom stereocenters. The van der Waals surface area contributed by atoms with Crippen molar-refractivity contribution < 1.29 is 9.53 Å². The molecule has 0 amide bonds. The van der Waals surface area contributed by atoms with Crippen LogP contribution in [0.25, 0.3) is 0 Å². The molecule has 1 aromatic rings.